The Bertz CT molecular complexity index is 1030. The molecule has 1 aromatic heterocycles. The molecule has 154 valence electrons. The molecule has 1 fully saturated rings. The molecule has 1 saturated heterocycles. The largest absolute Gasteiger partial charge is 0.497 e. The van der Waals surface area contributed by atoms with Crippen LogP contribution in [0.25, 0.3) is 10.2 Å². The number of aromatic nitrogens is 1. The minimum Gasteiger partial charge on any atom is -0.497 e. The molecule has 10 heteroatoms. The van der Waals surface area contributed by atoms with Gasteiger partial charge in [0, 0.05) is 31.5 Å². The lowest BCUT2D eigenvalue weighted by Gasteiger charge is -2.28. The van der Waals surface area contributed by atoms with Crippen LogP contribution in [0.15, 0.2) is 23.2 Å². The maximum Gasteiger partial charge on any atom is 0.252 e. The van der Waals surface area contributed by atoms with Crippen molar-refractivity contribution in [1.82, 2.24) is 8.87 Å². The van der Waals surface area contributed by atoms with Gasteiger partial charge in [0.2, 0.25) is 10.0 Å². The fraction of sp³-hybridized carbons (Fsp3) is 0.556. The molecule has 1 aliphatic heterocycles. The number of benzene rings is 1. The van der Waals surface area contributed by atoms with Crippen molar-refractivity contribution in [3.05, 3.63) is 23.0 Å². The van der Waals surface area contributed by atoms with Crippen LogP contribution in [0.5, 0.6) is 5.75 Å². The molecule has 1 amide bonds. The van der Waals surface area contributed by atoms with E-state index in [4.69, 9.17) is 4.74 Å². The van der Waals surface area contributed by atoms with Crippen molar-refractivity contribution >= 4 is 49.2 Å². The van der Waals surface area contributed by atoms with Gasteiger partial charge in [0.1, 0.15) is 5.75 Å². The van der Waals surface area contributed by atoms with E-state index in [1.165, 1.54) is 21.9 Å². The molecule has 1 aliphatic rings. The molecule has 1 atom stereocenters. The molecule has 3 rings (SSSR count). The van der Waals surface area contributed by atoms with Gasteiger partial charge < -0.3 is 9.30 Å². The van der Waals surface area contributed by atoms with Crippen LogP contribution in [-0.2, 0) is 21.4 Å². The molecule has 1 aromatic carbocycles. The summed E-state index contributed by atoms with van der Waals surface area (Å²) in [4.78, 5) is 17.9. The number of fused-ring (bicyclic) bond motifs is 1. The van der Waals surface area contributed by atoms with Gasteiger partial charge in [-0.25, -0.2) is 12.7 Å². The lowest BCUT2D eigenvalue weighted by atomic mass is 9.99. The summed E-state index contributed by atoms with van der Waals surface area (Å²) < 4.78 is 33.5. The smallest absolute Gasteiger partial charge is 0.252 e. The van der Waals surface area contributed by atoms with Crippen LogP contribution in [0.2, 0.25) is 0 Å². The van der Waals surface area contributed by atoms with Crippen LogP contribution in [0.4, 0.5) is 0 Å². The number of rotatable bonds is 6. The predicted octanol–water partition coefficient (Wildman–Crippen LogP) is 2.17. The van der Waals surface area contributed by atoms with Crippen LogP contribution in [0.1, 0.15) is 12.8 Å². The summed E-state index contributed by atoms with van der Waals surface area (Å²) in [6.07, 6.45) is 4.57. The van der Waals surface area contributed by atoms with Crippen molar-refractivity contribution < 1.29 is 17.9 Å². The second-order valence-corrected chi connectivity index (χ2v) is 10.8. The third-order valence-corrected chi connectivity index (χ3v) is 7.74. The number of carbonyl (C=O) groups is 1. The molecule has 2 aromatic rings. The maximum atomic E-state index is 12.8. The summed E-state index contributed by atoms with van der Waals surface area (Å²) in [5, 5.41) is 0. The summed E-state index contributed by atoms with van der Waals surface area (Å²) in [5.41, 5.74) is 0.992. The summed E-state index contributed by atoms with van der Waals surface area (Å²) in [5.74, 6) is 1.02. The predicted molar refractivity (Wildman–Crippen MR) is 114 cm³/mol. The van der Waals surface area contributed by atoms with E-state index in [9.17, 15) is 13.2 Å². The average molecular weight is 444 g/mol. The van der Waals surface area contributed by atoms with Crippen molar-refractivity contribution in [2.24, 2.45) is 10.9 Å². The number of aryl methyl sites for hydroxylation is 1. The second-order valence-electron chi connectivity index (χ2n) is 6.77. The minimum absolute atomic E-state index is 0.213. The van der Waals surface area contributed by atoms with E-state index >= 15 is 0 Å². The number of thioether (sulfide) groups is 1. The van der Waals surface area contributed by atoms with Crippen LogP contribution in [0, 0.1) is 5.92 Å². The van der Waals surface area contributed by atoms with E-state index in [1.54, 1.807) is 18.9 Å². The number of amides is 1. The Labute approximate surface area is 173 Å². The molecule has 7 nitrogen and oxygen atoms in total. The first kappa shape index (κ1) is 21.4. The van der Waals surface area contributed by atoms with E-state index in [1.807, 2.05) is 29.0 Å². The summed E-state index contributed by atoms with van der Waals surface area (Å²) in [7, 11) is -1.66. The number of hydrogen-bond donors (Lipinski definition) is 0. The highest BCUT2D eigenvalue weighted by atomic mass is 32.2. The number of thiazole rings is 1. The van der Waals surface area contributed by atoms with Gasteiger partial charge in [0.05, 0.1) is 29.5 Å². The number of carbonyl (C=O) groups excluding carboxylic acids is 1. The topological polar surface area (TPSA) is 81.0 Å². The third kappa shape index (κ3) is 4.79. The Kier molecular flexibility index (Phi) is 6.85. The first-order chi connectivity index (χ1) is 13.3. The number of nitrogens with zero attached hydrogens (tertiary/aromatic N) is 3. The number of piperidine rings is 1. The van der Waals surface area contributed by atoms with E-state index in [0.717, 1.165) is 28.3 Å². The fourth-order valence-corrected chi connectivity index (χ4v) is 5.61. The lowest BCUT2D eigenvalue weighted by molar-refractivity contribution is -0.122. The lowest BCUT2D eigenvalue weighted by Crippen LogP contribution is -2.41. The van der Waals surface area contributed by atoms with Crippen LogP contribution < -0.4 is 9.54 Å². The highest BCUT2D eigenvalue weighted by molar-refractivity contribution is 7.98. The number of ether oxygens (including phenoxy) is 1. The summed E-state index contributed by atoms with van der Waals surface area (Å²) in [6, 6.07) is 5.83. The number of sulfonamides is 1. The Morgan fingerprint density at radius 2 is 2.21 bits per heavy atom. The molecule has 28 heavy (non-hydrogen) atoms. The van der Waals surface area contributed by atoms with E-state index in [2.05, 4.69) is 4.99 Å². The zero-order chi connectivity index (χ0) is 20.3. The van der Waals surface area contributed by atoms with Crippen LogP contribution >= 0.6 is 23.1 Å². The highest BCUT2D eigenvalue weighted by Gasteiger charge is 2.30. The Hall–Kier alpha value is -1.36. The van der Waals surface area contributed by atoms with Gasteiger partial charge in [-0.1, -0.05) is 11.3 Å². The van der Waals surface area contributed by atoms with Gasteiger partial charge in [0.25, 0.3) is 5.91 Å². The normalized spacial score (nSPS) is 19.2. The monoisotopic (exact) mass is 443 g/mol. The maximum absolute atomic E-state index is 12.8. The number of hydrogen-bond acceptors (Lipinski definition) is 6. The Morgan fingerprint density at radius 1 is 1.43 bits per heavy atom. The molecule has 2 heterocycles. The molecule has 0 bridgehead atoms. The van der Waals surface area contributed by atoms with Crippen molar-refractivity contribution in [2.75, 3.05) is 38.5 Å². The molecule has 1 unspecified atom stereocenters. The zero-order valence-corrected chi connectivity index (χ0v) is 18.7. The van der Waals surface area contributed by atoms with Crippen LogP contribution in [0.3, 0.4) is 0 Å². The Balaban J connectivity index is 1.96. The summed E-state index contributed by atoms with van der Waals surface area (Å²) >= 11 is 3.20. The van der Waals surface area contributed by atoms with Gasteiger partial charge in [-0.05, 0) is 31.2 Å². The Morgan fingerprint density at radius 3 is 2.89 bits per heavy atom. The SMILES string of the molecule is COc1ccc2sc(=NC(=O)C3CCCN(S(C)(=O)=O)C3)n(CCSC)c2c1. The zero-order valence-electron chi connectivity index (χ0n) is 16.3. The third-order valence-electron chi connectivity index (χ3n) is 4.82. The van der Waals surface area contributed by atoms with Gasteiger partial charge >= 0.3 is 0 Å². The van der Waals surface area contributed by atoms with Gasteiger partial charge in [-0.2, -0.15) is 16.8 Å². The second kappa shape index (κ2) is 8.98. The van der Waals surface area contributed by atoms with Crippen molar-refractivity contribution in [1.29, 1.82) is 0 Å². The molecular formula is C18H25N3O4S3. The molecular weight excluding hydrogens is 418 g/mol. The van der Waals surface area contributed by atoms with Crippen molar-refractivity contribution in [3.8, 4) is 5.75 Å². The van der Waals surface area contributed by atoms with E-state index in [0.29, 0.717) is 24.2 Å². The van der Waals surface area contributed by atoms with E-state index < -0.39 is 15.9 Å². The van der Waals surface area contributed by atoms with Crippen molar-refractivity contribution in [2.45, 2.75) is 19.4 Å². The van der Waals surface area contributed by atoms with Gasteiger partial charge in [-0.15, -0.1) is 0 Å². The van der Waals surface area contributed by atoms with Gasteiger partial charge in [0.15, 0.2) is 4.80 Å². The van der Waals surface area contributed by atoms with Gasteiger partial charge in [-0.3, -0.25) is 4.79 Å². The summed E-state index contributed by atoms with van der Waals surface area (Å²) in [6.45, 7) is 1.42. The number of methoxy groups -OCH3 is 1. The standard InChI is InChI=1S/C18H25N3O4S3/c1-25-14-6-7-16-15(11-14)21(9-10-26-2)18(27-16)19-17(22)13-5-4-8-20(12-13)28(3,23)24/h6-7,11,13H,4-5,8-10,12H2,1-3H3. The first-order valence-corrected chi connectivity index (χ1v) is 13.1. The quantitative estimate of drug-likeness (QED) is 0.684. The van der Waals surface area contributed by atoms with Crippen LogP contribution in [-0.4, -0.2) is 61.7 Å². The van der Waals surface area contributed by atoms with Crippen molar-refractivity contribution in [3.63, 3.8) is 0 Å². The highest BCUT2D eigenvalue weighted by Crippen LogP contribution is 2.24. The van der Waals surface area contributed by atoms with E-state index in [-0.39, 0.29) is 12.5 Å². The molecule has 0 radical (unpaired) electrons. The average Bonchev–Trinajstić information content (AvgIpc) is 3.01. The fourth-order valence-electron chi connectivity index (χ4n) is 3.29. The minimum atomic E-state index is -3.29. The first-order valence-electron chi connectivity index (χ1n) is 9.03. The molecule has 0 N–H and O–H groups in total. The molecule has 0 aliphatic carbocycles. The molecule has 0 saturated carbocycles. The molecule has 0 spiro atoms.